The van der Waals surface area contributed by atoms with E-state index in [2.05, 4.69) is 5.32 Å². The highest BCUT2D eigenvalue weighted by Crippen LogP contribution is 2.20. The number of hydrogen-bond acceptors (Lipinski definition) is 2. The molecule has 0 unspecified atom stereocenters. The highest BCUT2D eigenvalue weighted by molar-refractivity contribution is 4.84. The zero-order valence-electron chi connectivity index (χ0n) is 6.31. The highest BCUT2D eigenvalue weighted by atomic mass is 16.5. The summed E-state index contributed by atoms with van der Waals surface area (Å²) in [5, 5.41) is 3.47. The van der Waals surface area contributed by atoms with Crippen LogP contribution < -0.4 is 5.32 Å². The van der Waals surface area contributed by atoms with Gasteiger partial charge in [-0.25, -0.2) is 0 Å². The fraction of sp³-hybridized carbons (Fsp3) is 1.00. The molecule has 0 bridgehead atoms. The molecule has 2 saturated heterocycles. The lowest BCUT2D eigenvalue weighted by molar-refractivity contribution is 0.0843. The Morgan fingerprint density at radius 2 is 2.20 bits per heavy atom. The van der Waals surface area contributed by atoms with Crippen LogP contribution in [0.15, 0.2) is 0 Å². The molecule has 2 aliphatic heterocycles. The largest absolute Gasteiger partial charge is 0.377 e. The maximum atomic E-state index is 5.57. The Labute approximate surface area is 61.9 Å². The standard InChI is InChI=1S/C8H15NO/c1-3-7(9-5-1)8-4-2-6-10-8/h7-9H,1-6H2/t7-,8-/m1/s1. The molecule has 10 heavy (non-hydrogen) atoms. The van der Waals surface area contributed by atoms with Gasteiger partial charge in [-0.15, -0.1) is 0 Å². The van der Waals surface area contributed by atoms with Crippen molar-refractivity contribution >= 4 is 0 Å². The highest BCUT2D eigenvalue weighted by Gasteiger charge is 2.27. The van der Waals surface area contributed by atoms with Crippen LogP contribution in [0.25, 0.3) is 0 Å². The first-order chi connectivity index (χ1) is 4.97. The molecule has 0 aromatic rings. The molecule has 1 N–H and O–H groups in total. The molecule has 2 nitrogen and oxygen atoms in total. The smallest absolute Gasteiger partial charge is 0.0728 e. The molecule has 0 radical (unpaired) electrons. The van der Waals surface area contributed by atoms with Gasteiger partial charge in [-0.3, -0.25) is 0 Å². The van der Waals surface area contributed by atoms with Crippen LogP contribution in [0.3, 0.4) is 0 Å². The Bertz CT molecular complexity index is 89.8. The van der Waals surface area contributed by atoms with Crippen LogP contribution in [0.5, 0.6) is 0 Å². The minimum absolute atomic E-state index is 0.544. The van der Waals surface area contributed by atoms with Crippen molar-refractivity contribution in [2.24, 2.45) is 0 Å². The van der Waals surface area contributed by atoms with E-state index in [1.807, 2.05) is 0 Å². The molecule has 2 atom stereocenters. The summed E-state index contributed by atoms with van der Waals surface area (Å²) in [6.07, 6.45) is 5.75. The third-order valence-electron chi connectivity index (χ3n) is 2.51. The molecule has 0 aliphatic carbocycles. The molecule has 2 heterocycles. The van der Waals surface area contributed by atoms with Crippen molar-refractivity contribution in [3.05, 3.63) is 0 Å². The van der Waals surface area contributed by atoms with Gasteiger partial charge in [-0.05, 0) is 32.2 Å². The zero-order chi connectivity index (χ0) is 6.81. The van der Waals surface area contributed by atoms with E-state index in [1.54, 1.807) is 0 Å². The minimum atomic E-state index is 0.544. The summed E-state index contributed by atoms with van der Waals surface area (Å²) in [5.41, 5.74) is 0. The van der Waals surface area contributed by atoms with E-state index in [0.717, 1.165) is 6.61 Å². The second-order valence-corrected chi connectivity index (χ2v) is 3.25. The first-order valence-electron chi connectivity index (χ1n) is 4.32. The lowest BCUT2D eigenvalue weighted by atomic mass is 10.1. The first-order valence-corrected chi connectivity index (χ1v) is 4.32. The summed E-state index contributed by atoms with van der Waals surface area (Å²) < 4.78 is 5.57. The lowest BCUT2D eigenvalue weighted by Crippen LogP contribution is -2.33. The average Bonchev–Trinajstić information content (AvgIpc) is 2.59. The normalized spacial score (nSPS) is 40.8. The van der Waals surface area contributed by atoms with Crippen LogP contribution in [-0.4, -0.2) is 25.3 Å². The number of rotatable bonds is 1. The van der Waals surface area contributed by atoms with E-state index < -0.39 is 0 Å². The van der Waals surface area contributed by atoms with E-state index in [4.69, 9.17) is 4.74 Å². The number of nitrogens with one attached hydrogen (secondary N) is 1. The molecule has 2 fully saturated rings. The summed E-state index contributed by atoms with van der Waals surface area (Å²) >= 11 is 0. The predicted octanol–water partition coefficient (Wildman–Crippen LogP) is 0.917. The van der Waals surface area contributed by atoms with Gasteiger partial charge in [-0.2, -0.15) is 0 Å². The molecule has 0 spiro atoms. The quantitative estimate of drug-likeness (QED) is 0.586. The van der Waals surface area contributed by atoms with Crippen molar-refractivity contribution in [1.29, 1.82) is 0 Å². The number of ether oxygens (including phenoxy) is 1. The second-order valence-electron chi connectivity index (χ2n) is 3.25. The van der Waals surface area contributed by atoms with Gasteiger partial charge >= 0.3 is 0 Å². The van der Waals surface area contributed by atoms with Gasteiger partial charge in [0.25, 0.3) is 0 Å². The summed E-state index contributed by atoms with van der Waals surface area (Å²) in [5.74, 6) is 0. The molecule has 2 aliphatic rings. The van der Waals surface area contributed by atoms with Crippen molar-refractivity contribution in [2.45, 2.75) is 37.8 Å². The van der Waals surface area contributed by atoms with Gasteiger partial charge in [0.1, 0.15) is 0 Å². The Hall–Kier alpha value is -0.0800. The Balaban J connectivity index is 1.85. The lowest BCUT2D eigenvalue weighted by Gasteiger charge is -2.16. The Kier molecular flexibility index (Phi) is 1.91. The molecule has 0 aromatic heterocycles. The van der Waals surface area contributed by atoms with Crippen molar-refractivity contribution < 1.29 is 4.74 Å². The van der Waals surface area contributed by atoms with E-state index in [1.165, 1.54) is 32.2 Å². The van der Waals surface area contributed by atoms with Crippen LogP contribution in [0, 0.1) is 0 Å². The molecular formula is C8H15NO. The van der Waals surface area contributed by atoms with Crippen molar-refractivity contribution in [1.82, 2.24) is 5.32 Å². The monoisotopic (exact) mass is 141 g/mol. The first kappa shape index (κ1) is 6.62. The maximum Gasteiger partial charge on any atom is 0.0728 e. The van der Waals surface area contributed by atoms with E-state index in [0.29, 0.717) is 12.1 Å². The third-order valence-corrected chi connectivity index (χ3v) is 2.51. The van der Waals surface area contributed by atoms with Gasteiger partial charge in [0.2, 0.25) is 0 Å². The van der Waals surface area contributed by atoms with E-state index in [-0.39, 0.29) is 0 Å². The third kappa shape index (κ3) is 1.18. The fourth-order valence-corrected chi connectivity index (χ4v) is 1.95. The second kappa shape index (κ2) is 2.89. The number of hydrogen-bond donors (Lipinski definition) is 1. The van der Waals surface area contributed by atoms with Gasteiger partial charge in [0.05, 0.1) is 6.10 Å². The van der Waals surface area contributed by atoms with Crippen LogP contribution in [0.4, 0.5) is 0 Å². The average molecular weight is 141 g/mol. The van der Waals surface area contributed by atoms with Gasteiger partial charge in [0.15, 0.2) is 0 Å². The summed E-state index contributed by atoms with van der Waals surface area (Å²) in [4.78, 5) is 0. The summed E-state index contributed by atoms with van der Waals surface area (Å²) in [7, 11) is 0. The van der Waals surface area contributed by atoms with Crippen molar-refractivity contribution in [3.63, 3.8) is 0 Å². The van der Waals surface area contributed by atoms with Gasteiger partial charge < -0.3 is 10.1 Å². The summed E-state index contributed by atoms with van der Waals surface area (Å²) in [6, 6.07) is 0.683. The van der Waals surface area contributed by atoms with Gasteiger partial charge in [-0.1, -0.05) is 0 Å². The van der Waals surface area contributed by atoms with Crippen LogP contribution in [0.2, 0.25) is 0 Å². The van der Waals surface area contributed by atoms with Crippen LogP contribution in [0.1, 0.15) is 25.7 Å². The predicted molar refractivity (Wildman–Crippen MR) is 40.0 cm³/mol. The molecule has 0 saturated carbocycles. The maximum absolute atomic E-state index is 5.57. The fourth-order valence-electron chi connectivity index (χ4n) is 1.95. The minimum Gasteiger partial charge on any atom is -0.377 e. The topological polar surface area (TPSA) is 21.3 Å². The van der Waals surface area contributed by atoms with Gasteiger partial charge in [0, 0.05) is 12.6 Å². The van der Waals surface area contributed by atoms with Crippen LogP contribution >= 0.6 is 0 Å². The van der Waals surface area contributed by atoms with Crippen molar-refractivity contribution in [2.75, 3.05) is 13.2 Å². The SMILES string of the molecule is C1CN[C@@H]([C@H]2CCCO2)C1. The molecule has 2 heteroatoms. The molecule has 0 amide bonds. The van der Waals surface area contributed by atoms with E-state index in [9.17, 15) is 0 Å². The Morgan fingerprint density at radius 3 is 2.80 bits per heavy atom. The van der Waals surface area contributed by atoms with Crippen molar-refractivity contribution in [3.8, 4) is 0 Å². The molecule has 2 rings (SSSR count). The molecular weight excluding hydrogens is 126 g/mol. The molecule has 0 aromatic carbocycles. The molecule has 58 valence electrons. The summed E-state index contributed by atoms with van der Waals surface area (Å²) in [6.45, 7) is 2.19. The van der Waals surface area contributed by atoms with E-state index >= 15 is 0 Å². The zero-order valence-corrected chi connectivity index (χ0v) is 6.31. The Morgan fingerprint density at radius 1 is 1.20 bits per heavy atom. The van der Waals surface area contributed by atoms with Crippen LogP contribution in [-0.2, 0) is 4.74 Å².